The van der Waals surface area contributed by atoms with E-state index in [0.29, 0.717) is 6.54 Å². The Kier molecular flexibility index (Phi) is 4.40. The van der Waals surface area contributed by atoms with Gasteiger partial charge in [-0.2, -0.15) is 0 Å². The molecule has 1 aliphatic heterocycles. The molecule has 0 atom stereocenters. The van der Waals surface area contributed by atoms with Gasteiger partial charge in [0.2, 0.25) is 0 Å². The Morgan fingerprint density at radius 3 is 2.68 bits per heavy atom. The monoisotopic (exact) mass is 334 g/mol. The van der Waals surface area contributed by atoms with Crippen LogP contribution >= 0.6 is 23.1 Å². The maximum Gasteiger partial charge on any atom is 0.271 e. The predicted molar refractivity (Wildman–Crippen MR) is 93.2 cm³/mol. The molecule has 1 saturated heterocycles. The van der Waals surface area contributed by atoms with Gasteiger partial charge in [-0.1, -0.05) is 0 Å². The molecule has 4 nitrogen and oxygen atoms in total. The summed E-state index contributed by atoms with van der Waals surface area (Å²) in [5, 5.41) is 1.12. The average molecular weight is 334 g/mol. The van der Waals surface area contributed by atoms with Crippen LogP contribution in [0.1, 0.15) is 12.5 Å². The van der Waals surface area contributed by atoms with Crippen molar-refractivity contribution in [1.29, 1.82) is 0 Å². The highest BCUT2D eigenvalue weighted by molar-refractivity contribution is 8.08. The molecule has 0 unspecified atom stereocenters. The molecule has 6 heteroatoms. The highest BCUT2D eigenvalue weighted by Crippen LogP contribution is 2.25. The number of aryl methyl sites for hydroxylation is 1. The van der Waals surface area contributed by atoms with Crippen molar-refractivity contribution in [3.05, 3.63) is 49.6 Å². The molecule has 0 radical (unpaired) electrons. The largest absolute Gasteiger partial charge is 0.367 e. The third-order valence-electron chi connectivity index (χ3n) is 3.73. The van der Waals surface area contributed by atoms with Crippen molar-refractivity contribution in [3.63, 3.8) is 0 Å². The molecular formula is C16H20N3OS2+. The number of thiazole rings is 1. The minimum atomic E-state index is 0.136. The van der Waals surface area contributed by atoms with Crippen LogP contribution in [0.4, 0.5) is 0 Å². The number of hydrogen-bond acceptors (Lipinski definition) is 4. The highest BCUT2D eigenvalue weighted by atomic mass is 32.2. The van der Waals surface area contributed by atoms with E-state index in [1.165, 1.54) is 0 Å². The molecule has 2 aromatic rings. The maximum absolute atomic E-state index is 12.7. The average Bonchev–Trinajstić information content (AvgIpc) is 3.05. The first kappa shape index (κ1) is 15.4. The summed E-state index contributed by atoms with van der Waals surface area (Å²) in [4.78, 5) is 14.9. The summed E-state index contributed by atoms with van der Waals surface area (Å²) in [6.07, 6.45) is 6.13. The summed E-state index contributed by atoms with van der Waals surface area (Å²) in [7, 11) is 4.06. The lowest BCUT2D eigenvalue weighted by molar-refractivity contribution is -0.671. The minimum Gasteiger partial charge on any atom is -0.367 e. The molecule has 22 heavy (non-hydrogen) atoms. The molecule has 3 rings (SSSR count). The van der Waals surface area contributed by atoms with Crippen LogP contribution in [0.5, 0.6) is 0 Å². The Morgan fingerprint density at radius 2 is 2.09 bits per heavy atom. The summed E-state index contributed by atoms with van der Waals surface area (Å²) < 4.78 is 5.76. The van der Waals surface area contributed by atoms with Crippen molar-refractivity contribution in [1.82, 2.24) is 9.47 Å². The van der Waals surface area contributed by atoms with Gasteiger partial charge in [0, 0.05) is 38.0 Å². The second-order valence-electron chi connectivity index (χ2n) is 5.34. The van der Waals surface area contributed by atoms with E-state index in [1.54, 1.807) is 23.1 Å². The normalized spacial score (nSPS) is 18.3. The molecule has 2 aromatic heterocycles. The lowest BCUT2D eigenvalue weighted by atomic mass is 10.3. The maximum atomic E-state index is 12.7. The van der Waals surface area contributed by atoms with Gasteiger partial charge in [0.25, 0.3) is 5.56 Å². The van der Waals surface area contributed by atoms with Gasteiger partial charge in [-0.15, -0.1) is 23.1 Å². The van der Waals surface area contributed by atoms with Crippen LogP contribution in [0.2, 0.25) is 0 Å². The third kappa shape index (κ3) is 2.85. The molecule has 0 amide bonds. The van der Waals surface area contributed by atoms with Crippen LogP contribution in [0, 0.1) is 0 Å². The molecule has 1 fully saturated rings. The number of nitrogens with zero attached hydrogens (tertiary/aromatic N) is 3. The van der Waals surface area contributed by atoms with E-state index in [0.717, 1.165) is 32.1 Å². The highest BCUT2D eigenvalue weighted by Gasteiger charge is 2.17. The molecule has 1 aliphatic rings. The molecule has 0 saturated carbocycles. The van der Waals surface area contributed by atoms with Gasteiger partial charge in [0.1, 0.15) is 11.6 Å². The van der Waals surface area contributed by atoms with Gasteiger partial charge in [0.15, 0.2) is 12.4 Å². The lowest BCUT2D eigenvalue weighted by Crippen LogP contribution is -2.33. The first-order chi connectivity index (χ1) is 10.6. The fourth-order valence-corrected chi connectivity index (χ4v) is 5.01. The van der Waals surface area contributed by atoms with E-state index >= 15 is 0 Å². The van der Waals surface area contributed by atoms with Gasteiger partial charge < -0.3 is 4.90 Å². The Hall–Kier alpha value is -1.53. The minimum absolute atomic E-state index is 0.136. The number of rotatable bonds is 2. The molecule has 116 valence electrons. The summed E-state index contributed by atoms with van der Waals surface area (Å²) in [6, 6.07) is 4.13. The lowest BCUT2D eigenvalue weighted by Gasteiger charge is -2.08. The first-order valence-corrected chi connectivity index (χ1v) is 9.15. The van der Waals surface area contributed by atoms with Crippen molar-refractivity contribution in [2.75, 3.05) is 19.3 Å². The zero-order chi connectivity index (χ0) is 15.7. The summed E-state index contributed by atoms with van der Waals surface area (Å²) in [5.41, 5.74) is 1.25. The Bertz CT molecular complexity index is 849. The van der Waals surface area contributed by atoms with Gasteiger partial charge in [0.05, 0.1) is 9.69 Å². The molecule has 0 N–H and O–H groups in total. The van der Waals surface area contributed by atoms with Crippen LogP contribution in [0.15, 0.2) is 29.3 Å². The smallest absolute Gasteiger partial charge is 0.271 e. The standard InChI is InChI=1S/C16H20N3OS2/c1-4-19-13(11-12-5-7-17(2)8-6-12)22-14(15(19)20)16-18(3)9-10-21-16/h5-8,11H,4,9-10H2,1-3H3/q+1/b16-14+. The van der Waals surface area contributed by atoms with Crippen LogP contribution in [-0.2, 0) is 13.6 Å². The number of aromatic nitrogens is 2. The zero-order valence-corrected chi connectivity index (χ0v) is 14.7. The first-order valence-electron chi connectivity index (χ1n) is 7.35. The number of pyridine rings is 1. The Balaban J connectivity index is 2.21. The number of hydrogen-bond donors (Lipinski definition) is 0. The van der Waals surface area contributed by atoms with E-state index in [9.17, 15) is 4.79 Å². The van der Waals surface area contributed by atoms with Gasteiger partial charge >= 0.3 is 0 Å². The quantitative estimate of drug-likeness (QED) is 0.741. The van der Waals surface area contributed by atoms with Crippen LogP contribution in [-0.4, -0.2) is 28.8 Å². The predicted octanol–water partition coefficient (Wildman–Crippen LogP) is 0.327. The van der Waals surface area contributed by atoms with E-state index in [-0.39, 0.29) is 5.56 Å². The summed E-state index contributed by atoms with van der Waals surface area (Å²) in [5.74, 6) is 1.06. The Morgan fingerprint density at radius 1 is 1.36 bits per heavy atom. The van der Waals surface area contributed by atoms with Crippen molar-refractivity contribution in [2.24, 2.45) is 7.05 Å². The van der Waals surface area contributed by atoms with E-state index in [2.05, 4.69) is 30.2 Å². The van der Waals surface area contributed by atoms with Crippen LogP contribution in [0.3, 0.4) is 0 Å². The Labute approximate surface area is 138 Å². The second kappa shape index (κ2) is 6.30. The van der Waals surface area contributed by atoms with E-state index in [1.807, 2.05) is 35.5 Å². The fraction of sp³-hybridized carbons (Fsp3) is 0.375. The topological polar surface area (TPSA) is 29.1 Å². The van der Waals surface area contributed by atoms with E-state index < -0.39 is 0 Å². The summed E-state index contributed by atoms with van der Waals surface area (Å²) >= 11 is 3.38. The van der Waals surface area contributed by atoms with Crippen molar-refractivity contribution < 1.29 is 4.57 Å². The van der Waals surface area contributed by atoms with Gasteiger partial charge in [-0.05, 0) is 18.6 Å². The molecule has 0 aromatic carbocycles. The third-order valence-corrected chi connectivity index (χ3v) is 6.15. The van der Waals surface area contributed by atoms with Crippen molar-refractivity contribution in [2.45, 2.75) is 13.5 Å². The van der Waals surface area contributed by atoms with Crippen molar-refractivity contribution in [3.8, 4) is 0 Å². The molecule has 3 heterocycles. The van der Waals surface area contributed by atoms with Gasteiger partial charge in [-0.3, -0.25) is 9.36 Å². The SMILES string of the molecule is CCn1c(=O)/c(=C2\SCCN2C)s/c1=C\c1cc[n+](C)cc1. The van der Waals surface area contributed by atoms with E-state index in [4.69, 9.17) is 0 Å². The van der Waals surface area contributed by atoms with Gasteiger partial charge in [-0.25, -0.2) is 4.57 Å². The molecule has 0 bridgehead atoms. The van der Waals surface area contributed by atoms with Crippen LogP contribution in [0.25, 0.3) is 11.1 Å². The fourth-order valence-electron chi connectivity index (χ4n) is 2.45. The molecule has 0 spiro atoms. The molecular weight excluding hydrogens is 314 g/mol. The van der Waals surface area contributed by atoms with Crippen LogP contribution < -0.4 is 19.3 Å². The zero-order valence-electron chi connectivity index (χ0n) is 13.1. The van der Waals surface area contributed by atoms with Crippen molar-refractivity contribution >= 4 is 34.2 Å². The second-order valence-corrected chi connectivity index (χ2v) is 7.45. The number of thioether (sulfide) groups is 1. The summed E-state index contributed by atoms with van der Waals surface area (Å²) in [6.45, 7) is 3.73. The molecule has 0 aliphatic carbocycles.